The third-order valence-corrected chi connectivity index (χ3v) is 17.8. The van der Waals surface area contributed by atoms with Gasteiger partial charge in [0, 0.05) is 73.8 Å². The third kappa shape index (κ3) is 24.2. The van der Waals surface area contributed by atoms with Crippen molar-refractivity contribution in [3.63, 3.8) is 0 Å². The molecule has 8 N–H and O–H groups in total. The molecular formula is C75H92F2N10O23. The molecule has 0 unspecified atom stereocenters. The number of benzene rings is 3. The monoisotopic (exact) mass is 1540 g/mol. The van der Waals surface area contributed by atoms with E-state index in [0.717, 1.165) is 37.1 Å². The van der Waals surface area contributed by atoms with Gasteiger partial charge >= 0.3 is 5.97 Å². The second-order valence-corrected chi connectivity index (χ2v) is 25.9. The maximum atomic E-state index is 15.8. The summed E-state index contributed by atoms with van der Waals surface area (Å²) in [4.78, 5) is 150. The molecule has 4 aliphatic rings. The average Bonchev–Trinajstić information content (AvgIpc) is 1.53. The van der Waals surface area contributed by atoms with Crippen LogP contribution in [0.1, 0.15) is 82.8 Å². The van der Waals surface area contributed by atoms with Gasteiger partial charge in [0.15, 0.2) is 17.2 Å². The number of aromatic nitrogens is 2. The first-order chi connectivity index (χ1) is 53.1. The maximum Gasteiger partial charge on any atom is 0.343 e. The van der Waals surface area contributed by atoms with Crippen molar-refractivity contribution in [2.24, 2.45) is 5.92 Å². The molecule has 594 valence electrons. The number of amides is 9. The lowest BCUT2D eigenvalue weighted by atomic mass is 9.84. The summed E-state index contributed by atoms with van der Waals surface area (Å²) >= 11 is 0. The number of halogens is 2. The second-order valence-electron chi connectivity index (χ2n) is 25.9. The van der Waals surface area contributed by atoms with Gasteiger partial charge in [0.05, 0.1) is 166 Å². The number of carbonyl (C=O) groups is 10. The lowest BCUT2D eigenvalue weighted by Gasteiger charge is -2.32. The van der Waals surface area contributed by atoms with Crippen LogP contribution in [0.25, 0.3) is 22.3 Å². The van der Waals surface area contributed by atoms with Crippen molar-refractivity contribution >= 4 is 75.7 Å². The Morgan fingerprint density at radius 1 is 0.664 bits per heavy atom. The Hall–Kier alpha value is -10.1. The van der Waals surface area contributed by atoms with E-state index in [1.807, 2.05) is 0 Å². The number of esters is 1. The van der Waals surface area contributed by atoms with E-state index in [-0.39, 0.29) is 112 Å². The van der Waals surface area contributed by atoms with Gasteiger partial charge in [0.2, 0.25) is 35.4 Å². The first kappa shape index (κ1) is 83.9. The van der Waals surface area contributed by atoms with E-state index < -0.39 is 126 Å². The number of ether oxygens (including phenoxy) is 11. The molecule has 110 heavy (non-hydrogen) atoms. The molecule has 1 aliphatic carbocycles. The van der Waals surface area contributed by atoms with Crippen molar-refractivity contribution in [2.75, 3.05) is 151 Å². The number of anilines is 1. The Labute approximate surface area is 631 Å². The average molecular weight is 1540 g/mol. The molecule has 0 radical (unpaired) electrons. The van der Waals surface area contributed by atoms with Gasteiger partial charge in [-0.05, 0) is 67.5 Å². The van der Waals surface area contributed by atoms with Crippen LogP contribution in [0.4, 0.5) is 14.5 Å². The van der Waals surface area contributed by atoms with Crippen molar-refractivity contribution in [1.29, 1.82) is 0 Å². The number of cyclic esters (lactones) is 1. The van der Waals surface area contributed by atoms with Gasteiger partial charge in [-0.2, -0.15) is 0 Å². The minimum Gasteiger partial charge on any atom is -0.490 e. The fraction of sp³-hybridized carbons (Fsp3) is 0.493. The van der Waals surface area contributed by atoms with E-state index in [1.54, 1.807) is 56.5 Å². The minimum absolute atomic E-state index is 0.00732. The van der Waals surface area contributed by atoms with Gasteiger partial charge in [-0.1, -0.05) is 43.2 Å². The van der Waals surface area contributed by atoms with Gasteiger partial charge in [-0.25, -0.2) is 23.5 Å². The number of nitrogens with one attached hydrogen (secondary N) is 7. The highest BCUT2D eigenvalue weighted by Crippen LogP contribution is 2.46. The topological polar surface area (TPSA) is 415 Å². The number of hydrogen-bond acceptors (Lipinski definition) is 24. The number of fused-ring (bicyclic) bond motifs is 5. The lowest BCUT2D eigenvalue weighted by Crippen LogP contribution is -2.52. The van der Waals surface area contributed by atoms with Gasteiger partial charge in [0.25, 0.3) is 23.3 Å². The highest BCUT2D eigenvalue weighted by Gasteiger charge is 2.50. The number of pyridine rings is 2. The first-order valence-electron chi connectivity index (χ1n) is 36.1. The molecule has 1 fully saturated rings. The molecule has 3 aliphatic heterocycles. The van der Waals surface area contributed by atoms with Crippen LogP contribution in [0.5, 0.6) is 5.75 Å². The van der Waals surface area contributed by atoms with E-state index in [4.69, 9.17) is 57.1 Å². The Morgan fingerprint density at radius 2 is 1.26 bits per heavy atom. The summed E-state index contributed by atoms with van der Waals surface area (Å²) < 4.78 is 92.1. The highest BCUT2D eigenvalue weighted by atomic mass is 19.1. The largest absolute Gasteiger partial charge is 0.490 e. The van der Waals surface area contributed by atoms with Crippen molar-refractivity contribution < 1.29 is 114 Å². The van der Waals surface area contributed by atoms with E-state index in [0.29, 0.717) is 123 Å². The molecule has 9 rings (SSSR count). The number of imide groups is 1. The first-order valence-corrected chi connectivity index (χ1v) is 36.1. The Kier molecular flexibility index (Phi) is 32.2. The Balaban J connectivity index is 0.655. The van der Waals surface area contributed by atoms with Crippen molar-refractivity contribution in [3.05, 3.63) is 134 Å². The van der Waals surface area contributed by atoms with Crippen LogP contribution in [0.15, 0.2) is 77.6 Å². The normalized spacial score (nSPS) is 15.3. The summed E-state index contributed by atoms with van der Waals surface area (Å²) in [6.45, 7) is 5.41. The van der Waals surface area contributed by atoms with Crippen LogP contribution in [0, 0.1) is 24.5 Å². The summed E-state index contributed by atoms with van der Waals surface area (Å²) in [7, 11) is 1.61. The molecule has 33 nitrogen and oxygen atoms in total. The molecule has 9 amide bonds. The number of carbonyl (C=O) groups excluding carboxylic acids is 10. The molecule has 1 saturated carbocycles. The molecule has 2 aromatic heterocycles. The van der Waals surface area contributed by atoms with Crippen LogP contribution < -0.4 is 52.4 Å². The second kappa shape index (κ2) is 42.2. The third-order valence-electron chi connectivity index (χ3n) is 17.8. The summed E-state index contributed by atoms with van der Waals surface area (Å²) in [6.07, 6.45) is 2.23. The summed E-state index contributed by atoms with van der Waals surface area (Å²) in [5.41, 5.74) is 0.0225. The van der Waals surface area contributed by atoms with Crippen LogP contribution in [-0.4, -0.2) is 232 Å². The zero-order valence-corrected chi connectivity index (χ0v) is 61.4. The zero-order chi connectivity index (χ0) is 78.5. The lowest BCUT2D eigenvalue weighted by molar-refractivity contribution is -0.173. The number of nitrogens with zero attached hydrogens (tertiary/aromatic N) is 3. The Bertz CT molecular complexity index is 4180. The molecular weight excluding hydrogens is 1450 g/mol. The molecule has 35 heteroatoms. The van der Waals surface area contributed by atoms with Crippen LogP contribution >= 0.6 is 0 Å². The number of rotatable bonds is 49. The number of methoxy groups -OCH3 is 1. The quantitative estimate of drug-likeness (QED) is 0.0114. The summed E-state index contributed by atoms with van der Waals surface area (Å²) in [5, 5.41) is 29.9. The van der Waals surface area contributed by atoms with E-state index in [2.05, 4.69) is 37.2 Å². The molecule has 3 aromatic carbocycles. The van der Waals surface area contributed by atoms with Crippen molar-refractivity contribution in [2.45, 2.75) is 89.8 Å². The molecule has 3 atom stereocenters. The number of aryl methyl sites for hydroxylation is 1. The van der Waals surface area contributed by atoms with E-state index in [9.17, 15) is 57.8 Å². The van der Waals surface area contributed by atoms with Crippen LogP contribution in [0.3, 0.4) is 0 Å². The van der Waals surface area contributed by atoms with Gasteiger partial charge in [0.1, 0.15) is 31.3 Å². The molecule has 5 heterocycles. The minimum atomic E-state index is -2.04. The predicted octanol–water partition coefficient (Wildman–Crippen LogP) is 1.01. The zero-order valence-electron chi connectivity index (χ0n) is 61.4. The van der Waals surface area contributed by atoms with Crippen LogP contribution in [0.2, 0.25) is 0 Å². The molecule has 0 bridgehead atoms. The number of hydrogen-bond donors (Lipinski definition) is 8. The standard InChI is InChI=1S/C75H92F2N10O23/c1-46-32-51-53(54-43-86-61(68(54)85-59(51)37-57(46)76)36-56-55(73(86)97)44-109-74(98)75(56,99)38-49-11-12-49)39-81-70(94)47(2)110-45-83-64(90)41-82-72(96)60(33-48-8-5-4-6-9-48)84-65(91)42-80-63(89)40-79-62(88)10-7-16-108-69-52(34-50(35-58(69)77)87-66(92)13-14-67(87)93)71(95)78-15-17-101-20-21-103-24-25-105-28-29-107-31-30-106-27-26-104-23-22-102-19-18-100-3/h4-6,8-9,13-14,32,34-37,47,49,60,99H,7,10-12,15-31,33,38-45H2,1-3H3,(H,78,95)(H,79,88)(H,80,89)(H,81,94)(H,82,96)(H,83,90)(H,84,91)/t47-,60-,75-/m0/s1. The van der Waals surface area contributed by atoms with Crippen molar-refractivity contribution in [1.82, 2.24) is 46.8 Å². The van der Waals surface area contributed by atoms with Crippen molar-refractivity contribution in [3.8, 4) is 17.1 Å². The van der Waals surface area contributed by atoms with E-state index >= 15 is 8.78 Å². The predicted molar refractivity (Wildman–Crippen MR) is 385 cm³/mol. The fourth-order valence-corrected chi connectivity index (χ4v) is 11.9. The maximum absolute atomic E-state index is 15.8. The smallest absolute Gasteiger partial charge is 0.343 e. The van der Waals surface area contributed by atoms with Crippen LogP contribution in [-0.2, 0) is 122 Å². The molecule has 0 saturated heterocycles. The van der Waals surface area contributed by atoms with Gasteiger partial charge < -0.3 is 99.0 Å². The summed E-state index contributed by atoms with van der Waals surface area (Å²) in [6, 6.07) is 13.7. The highest BCUT2D eigenvalue weighted by molar-refractivity contribution is 6.28. The number of aliphatic hydroxyl groups is 1. The fourth-order valence-electron chi connectivity index (χ4n) is 11.9. The van der Waals surface area contributed by atoms with Gasteiger partial charge in [-0.15, -0.1) is 0 Å². The Morgan fingerprint density at radius 3 is 1.90 bits per heavy atom. The van der Waals surface area contributed by atoms with Gasteiger partial charge in [-0.3, -0.25) is 47.9 Å². The summed E-state index contributed by atoms with van der Waals surface area (Å²) in [5.74, 6) is -9.61. The molecule has 0 spiro atoms. The molecule has 5 aromatic rings. The SMILES string of the molecule is COCCOCCOCCOCCOCCOCCOCCOCCNC(=O)c1cc(N2C(=O)C=CC2=O)cc(F)c1OCCCC(=O)NCC(=O)NCC(=O)N[C@@H](Cc1ccccc1)C(=O)NCC(=O)NCO[C@@H](C)C(=O)NCc1c2c(nc3cc(F)c(C)cc13)-c1cc3c(c(=O)n1C2)COC(=O)[C@]3(O)CC1CC1. The van der Waals surface area contributed by atoms with E-state index in [1.165, 1.54) is 17.6 Å².